The number of ether oxygens (including phenoxy) is 2. The predicted octanol–water partition coefficient (Wildman–Crippen LogP) is 3.62. The van der Waals surface area contributed by atoms with Gasteiger partial charge in [0.25, 0.3) is 0 Å². The Kier molecular flexibility index (Phi) is 8.02. The van der Waals surface area contributed by atoms with Gasteiger partial charge < -0.3 is 9.47 Å². The molecule has 7 heteroatoms. The van der Waals surface area contributed by atoms with Crippen LogP contribution in [0.3, 0.4) is 0 Å². The van der Waals surface area contributed by atoms with E-state index in [2.05, 4.69) is 0 Å². The topological polar surface area (TPSA) is 71.1 Å². The Bertz CT molecular complexity index is 515. The molecular weight excluding hydrogens is 307 g/mol. The van der Waals surface area contributed by atoms with E-state index >= 15 is 0 Å². The third kappa shape index (κ3) is 6.10. The fourth-order valence-electron chi connectivity index (χ4n) is 1.57. The number of methoxy groups -OCH3 is 1. The van der Waals surface area contributed by atoms with Crippen LogP contribution < -0.4 is 9.47 Å². The van der Waals surface area contributed by atoms with E-state index in [-0.39, 0.29) is 19.0 Å². The first-order valence-electron chi connectivity index (χ1n) is 7.05. The second-order valence-corrected chi connectivity index (χ2v) is 5.87. The van der Waals surface area contributed by atoms with Gasteiger partial charge in [0.1, 0.15) is 18.1 Å². The van der Waals surface area contributed by atoms with E-state index in [0.29, 0.717) is 29.6 Å². The van der Waals surface area contributed by atoms with Crippen molar-refractivity contribution in [2.24, 2.45) is 5.92 Å². The fourth-order valence-corrected chi connectivity index (χ4v) is 2.08. The average Bonchev–Trinajstić information content (AvgIpc) is 2.50. The molecule has 1 rings (SSSR count). The highest BCUT2D eigenvalue weighted by atomic mass is 31.1. The SMILES string of the molecule is CCO[P+](=O)OCC(=O)c1cc(OC)ccc1OCC(C)C. The summed E-state index contributed by atoms with van der Waals surface area (Å²) in [5.74, 6) is 0.971. The van der Waals surface area contributed by atoms with Crippen LogP contribution in [0, 0.1) is 5.92 Å². The summed E-state index contributed by atoms with van der Waals surface area (Å²) in [4.78, 5) is 12.2. The van der Waals surface area contributed by atoms with Gasteiger partial charge in [-0.25, -0.2) is 0 Å². The number of benzene rings is 1. The molecule has 122 valence electrons. The second kappa shape index (κ2) is 9.51. The summed E-state index contributed by atoms with van der Waals surface area (Å²) in [6.07, 6.45) is 0. The molecule has 0 N–H and O–H groups in total. The van der Waals surface area contributed by atoms with Crippen molar-refractivity contribution >= 4 is 14.0 Å². The lowest BCUT2D eigenvalue weighted by Crippen LogP contribution is -2.12. The number of Topliss-reactive ketones (excluding diaryl/α,β-unsaturated/α-hetero) is 1. The summed E-state index contributed by atoms with van der Waals surface area (Å²) in [5, 5.41) is 0. The van der Waals surface area contributed by atoms with Gasteiger partial charge in [-0.05, 0) is 31.0 Å². The molecule has 0 saturated carbocycles. The Labute approximate surface area is 131 Å². The van der Waals surface area contributed by atoms with Crippen LogP contribution in [0.1, 0.15) is 31.1 Å². The third-order valence-electron chi connectivity index (χ3n) is 2.59. The minimum atomic E-state index is -2.29. The van der Waals surface area contributed by atoms with Crippen molar-refractivity contribution < 1.29 is 27.9 Å². The van der Waals surface area contributed by atoms with Crippen molar-refractivity contribution in [3.05, 3.63) is 23.8 Å². The van der Waals surface area contributed by atoms with Gasteiger partial charge in [0.2, 0.25) is 0 Å². The summed E-state index contributed by atoms with van der Waals surface area (Å²) in [5.41, 5.74) is 0.333. The van der Waals surface area contributed by atoms with Crippen LogP contribution in [-0.4, -0.2) is 32.7 Å². The monoisotopic (exact) mass is 329 g/mol. The van der Waals surface area contributed by atoms with Crippen LogP contribution in [0.5, 0.6) is 11.5 Å². The summed E-state index contributed by atoms with van der Waals surface area (Å²) < 4.78 is 31.7. The zero-order valence-corrected chi connectivity index (χ0v) is 14.2. The minimum Gasteiger partial charge on any atom is -0.497 e. The van der Waals surface area contributed by atoms with E-state index in [4.69, 9.17) is 18.5 Å². The zero-order chi connectivity index (χ0) is 16.5. The maximum Gasteiger partial charge on any atom is 0.697 e. The third-order valence-corrected chi connectivity index (χ3v) is 3.40. The standard InChI is InChI=1S/C15H22O6P/c1-5-20-22(17)21-10-14(16)13-8-12(18-4)6-7-15(13)19-9-11(2)3/h6-8,11H,5,9-10H2,1-4H3/q+1. The van der Waals surface area contributed by atoms with Gasteiger partial charge >= 0.3 is 8.25 Å². The Balaban J connectivity index is 2.83. The van der Waals surface area contributed by atoms with Gasteiger partial charge in [-0.3, -0.25) is 4.79 Å². The molecule has 0 aliphatic carbocycles. The van der Waals surface area contributed by atoms with E-state index in [1.807, 2.05) is 13.8 Å². The van der Waals surface area contributed by atoms with Crippen LogP contribution in [0.2, 0.25) is 0 Å². The van der Waals surface area contributed by atoms with Gasteiger partial charge in [0, 0.05) is 4.57 Å². The van der Waals surface area contributed by atoms with Crippen LogP contribution in [0.25, 0.3) is 0 Å². The van der Waals surface area contributed by atoms with Crippen molar-refractivity contribution in [3.8, 4) is 11.5 Å². The first-order valence-corrected chi connectivity index (χ1v) is 8.14. The van der Waals surface area contributed by atoms with Gasteiger partial charge in [-0.2, -0.15) is 0 Å². The second-order valence-electron chi connectivity index (χ2n) is 4.90. The normalized spacial score (nSPS) is 11.4. The van der Waals surface area contributed by atoms with Crippen LogP contribution in [-0.2, 0) is 13.6 Å². The zero-order valence-electron chi connectivity index (χ0n) is 13.3. The van der Waals surface area contributed by atoms with Crippen LogP contribution in [0.15, 0.2) is 18.2 Å². The van der Waals surface area contributed by atoms with E-state index in [1.165, 1.54) is 7.11 Å². The summed E-state index contributed by atoms with van der Waals surface area (Å²) in [6, 6.07) is 4.97. The van der Waals surface area contributed by atoms with E-state index < -0.39 is 8.25 Å². The molecule has 0 heterocycles. The first kappa shape index (κ1) is 18.6. The Morgan fingerprint density at radius 1 is 1.27 bits per heavy atom. The van der Waals surface area contributed by atoms with Crippen molar-refractivity contribution in [3.63, 3.8) is 0 Å². The fraction of sp³-hybridized carbons (Fsp3) is 0.533. The van der Waals surface area contributed by atoms with Crippen molar-refractivity contribution in [2.75, 3.05) is 26.9 Å². The summed E-state index contributed by atoms with van der Waals surface area (Å²) in [6.45, 7) is 6.12. The molecule has 0 aromatic heterocycles. The Morgan fingerprint density at radius 3 is 2.59 bits per heavy atom. The molecule has 1 unspecified atom stereocenters. The quantitative estimate of drug-likeness (QED) is 0.482. The molecule has 6 nitrogen and oxygen atoms in total. The first-order chi connectivity index (χ1) is 10.5. The van der Waals surface area contributed by atoms with Crippen LogP contribution in [0.4, 0.5) is 0 Å². The van der Waals surface area contributed by atoms with Crippen molar-refractivity contribution in [1.82, 2.24) is 0 Å². The number of ketones is 1. The molecule has 1 aromatic rings. The maximum atomic E-state index is 12.2. The smallest absolute Gasteiger partial charge is 0.497 e. The molecule has 1 atom stereocenters. The predicted molar refractivity (Wildman–Crippen MR) is 82.8 cm³/mol. The number of hydrogen-bond acceptors (Lipinski definition) is 6. The molecular formula is C15H22O6P+. The number of carbonyl (C=O) groups excluding carboxylic acids is 1. The molecule has 0 amide bonds. The Morgan fingerprint density at radius 2 is 2.00 bits per heavy atom. The lowest BCUT2D eigenvalue weighted by atomic mass is 10.1. The molecule has 0 fully saturated rings. The summed E-state index contributed by atoms with van der Waals surface area (Å²) >= 11 is 0. The molecule has 0 radical (unpaired) electrons. The minimum absolute atomic E-state index is 0.255. The number of rotatable bonds is 10. The molecule has 22 heavy (non-hydrogen) atoms. The van der Waals surface area contributed by atoms with Crippen molar-refractivity contribution in [1.29, 1.82) is 0 Å². The highest BCUT2D eigenvalue weighted by Gasteiger charge is 2.23. The van der Waals surface area contributed by atoms with E-state index in [9.17, 15) is 9.36 Å². The highest BCUT2D eigenvalue weighted by molar-refractivity contribution is 7.33. The molecule has 0 aliphatic rings. The molecule has 0 spiro atoms. The van der Waals surface area contributed by atoms with Crippen molar-refractivity contribution in [2.45, 2.75) is 20.8 Å². The van der Waals surface area contributed by atoms with Gasteiger partial charge in [0.15, 0.2) is 12.4 Å². The van der Waals surface area contributed by atoms with Crippen LogP contribution >= 0.6 is 8.25 Å². The molecule has 1 aromatic carbocycles. The average molecular weight is 329 g/mol. The lowest BCUT2D eigenvalue weighted by Gasteiger charge is -2.13. The Hall–Kier alpha value is -1.49. The number of hydrogen-bond donors (Lipinski definition) is 0. The lowest BCUT2D eigenvalue weighted by molar-refractivity contribution is 0.0905. The highest BCUT2D eigenvalue weighted by Crippen LogP contribution is 2.28. The summed E-state index contributed by atoms with van der Waals surface area (Å²) in [7, 11) is -0.771. The molecule has 0 aliphatic heterocycles. The maximum absolute atomic E-state index is 12.2. The number of carbonyl (C=O) groups is 1. The largest absolute Gasteiger partial charge is 0.697 e. The van der Waals surface area contributed by atoms with E-state index in [0.717, 1.165) is 0 Å². The van der Waals surface area contributed by atoms with Gasteiger partial charge in [0.05, 0.1) is 19.3 Å². The van der Waals surface area contributed by atoms with Gasteiger partial charge in [-0.1, -0.05) is 13.8 Å². The van der Waals surface area contributed by atoms with Gasteiger partial charge in [-0.15, -0.1) is 9.05 Å². The van der Waals surface area contributed by atoms with E-state index in [1.54, 1.807) is 25.1 Å². The molecule has 0 bridgehead atoms. The molecule has 0 saturated heterocycles.